The Balaban J connectivity index is 1.31. The Bertz CT molecular complexity index is 916. The Morgan fingerprint density at radius 1 is 1.07 bits per heavy atom. The fraction of sp³-hybridized carbons (Fsp3) is 0.263. The van der Waals surface area contributed by atoms with Gasteiger partial charge >= 0.3 is 0 Å². The molecule has 2 heterocycles. The number of aromatic nitrogens is 1. The third-order valence-electron chi connectivity index (χ3n) is 4.44. The Kier molecular flexibility index (Phi) is 5.00. The number of carbonyl (C=O) groups excluding carboxylic acids is 1. The molecular weight excluding hydrogens is 370 g/mol. The number of anilines is 2. The predicted octanol–water partition coefficient (Wildman–Crippen LogP) is 3.34. The molecule has 0 unspecified atom stereocenters. The summed E-state index contributed by atoms with van der Waals surface area (Å²) >= 11 is 1.67. The van der Waals surface area contributed by atoms with Gasteiger partial charge in [0.1, 0.15) is 11.6 Å². The smallest absolute Gasteiger partial charge is 0.238 e. The lowest BCUT2D eigenvalue weighted by Crippen LogP contribution is -2.48. The number of hydrogen-bond donors (Lipinski definition) is 1. The molecule has 4 rings (SSSR count). The van der Waals surface area contributed by atoms with Crippen molar-refractivity contribution in [2.24, 2.45) is 0 Å². The molecule has 3 aromatic rings. The first-order chi connectivity index (χ1) is 13.1. The molecule has 0 radical (unpaired) electrons. The predicted molar refractivity (Wildman–Crippen MR) is 103 cm³/mol. The van der Waals surface area contributed by atoms with Crippen LogP contribution in [0.2, 0.25) is 0 Å². The summed E-state index contributed by atoms with van der Waals surface area (Å²) in [6.07, 6.45) is 0. The van der Waals surface area contributed by atoms with Crippen molar-refractivity contribution in [3.63, 3.8) is 0 Å². The van der Waals surface area contributed by atoms with Gasteiger partial charge in [0.05, 0.1) is 16.8 Å². The fourth-order valence-electron chi connectivity index (χ4n) is 3.12. The van der Waals surface area contributed by atoms with Crippen LogP contribution in [0, 0.1) is 11.6 Å². The minimum Gasteiger partial charge on any atom is -0.345 e. The normalized spacial score (nSPS) is 15.3. The van der Waals surface area contributed by atoms with Gasteiger partial charge in [-0.2, -0.15) is 0 Å². The first kappa shape index (κ1) is 17.8. The maximum atomic E-state index is 13.2. The van der Waals surface area contributed by atoms with Crippen molar-refractivity contribution in [3.05, 3.63) is 54.1 Å². The lowest BCUT2D eigenvalue weighted by Gasteiger charge is -2.34. The molecule has 0 saturated carbocycles. The standard InChI is InChI=1S/C19H18F2N4OS/c20-13-9-14(21)11-15(10-13)22-18(26)12-24-5-7-25(8-6-24)19-23-16-3-1-2-4-17(16)27-19/h1-4,9-11H,5-8,12H2,(H,22,26). The first-order valence-electron chi connectivity index (χ1n) is 8.66. The largest absolute Gasteiger partial charge is 0.345 e. The molecule has 0 spiro atoms. The van der Waals surface area contributed by atoms with E-state index in [2.05, 4.69) is 21.3 Å². The minimum atomic E-state index is -0.713. The summed E-state index contributed by atoms with van der Waals surface area (Å²) in [4.78, 5) is 21.1. The zero-order chi connectivity index (χ0) is 18.8. The van der Waals surface area contributed by atoms with Crippen molar-refractivity contribution < 1.29 is 13.6 Å². The highest BCUT2D eigenvalue weighted by Gasteiger charge is 2.21. The maximum absolute atomic E-state index is 13.2. The lowest BCUT2D eigenvalue weighted by molar-refractivity contribution is -0.117. The van der Waals surface area contributed by atoms with E-state index in [0.717, 1.165) is 59.7 Å². The first-order valence-corrected chi connectivity index (χ1v) is 9.47. The van der Waals surface area contributed by atoms with Gasteiger partial charge in [-0.1, -0.05) is 23.5 Å². The zero-order valence-electron chi connectivity index (χ0n) is 14.5. The van der Waals surface area contributed by atoms with Gasteiger partial charge in [0.15, 0.2) is 5.13 Å². The van der Waals surface area contributed by atoms with Crippen molar-refractivity contribution in [2.75, 3.05) is 42.9 Å². The summed E-state index contributed by atoms with van der Waals surface area (Å²) in [6, 6.07) is 11.0. The van der Waals surface area contributed by atoms with Crippen LogP contribution in [0.15, 0.2) is 42.5 Å². The molecule has 0 atom stereocenters. The molecule has 0 aliphatic carbocycles. The third kappa shape index (κ3) is 4.23. The SMILES string of the molecule is O=C(CN1CCN(c2nc3ccccc3s2)CC1)Nc1cc(F)cc(F)c1. The number of thiazole rings is 1. The maximum Gasteiger partial charge on any atom is 0.238 e. The second kappa shape index (κ2) is 7.58. The number of para-hydroxylation sites is 1. The summed E-state index contributed by atoms with van der Waals surface area (Å²) in [5.41, 5.74) is 1.13. The van der Waals surface area contributed by atoms with Gasteiger partial charge in [0.25, 0.3) is 0 Å². The number of carbonyl (C=O) groups is 1. The monoisotopic (exact) mass is 388 g/mol. The molecule has 1 aliphatic rings. The number of rotatable bonds is 4. The van der Waals surface area contributed by atoms with E-state index in [1.165, 1.54) is 0 Å². The van der Waals surface area contributed by atoms with Gasteiger partial charge < -0.3 is 10.2 Å². The average Bonchev–Trinajstić information content (AvgIpc) is 3.05. The molecule has 27 heavy (non-hydrogen) atoms. The summed E-state index contributed by atoms with van der Waals surface area (Å²) in [7, 11) is 0. The molecule has 140 valence electrons. The molecule has 5 nitrogen and oxygen atoms in total. The van der Waals surface area contributed by atoms with E-state index in [-0.39, 0.29) is 18.1 Å². The topological polar surface area (TPSA) is 48.5 Å². The van der Waals surface area contributed by atoms with Crippen molar-refractivity contribution in [1.82, 2.24) is 9.88 Å². The third-order valence-corrected chi connectivity index (χ3v) is 5.54. The van der Waals surface area contributed by atoms with Crippen LogP contribution in [0.4, 0.5) is 19.6 Å². The van der Waals surface area contributed by atoms with E-state index in [1.807, 2.05) is 23.1 Å². The molecule has 1 N–H and O–H groups in total. The van der Waals surface area contributed by atoms with Gasteiger partial charge in [-0.25, -0.2) is 13.8 Å². The molecule has 8 heteroatoms. The van der Waals surface area contributed by atoms with Crippen molar-refractivity contribution in [3.8, 4) is 0 Å². The highest BCUT2D eigenvalue weighted by atomic mass is 32.1. The Hall–Kier alpha value is -2.58. The second-order valence-corrected chi connectivity index (χ2v) is 7.44. The van der Waals surface area contributed by atoms with E-state index in [9.17, 15) is 13.6 Å². The number of nitrogens with zero attached hydrogens (tertiary/aromatic N) is 3. The molecule has 1 amide bonds. The van der Waals surface area contributed by atoms with Crippen LogP contribution in [0.1, 0.15) is 0 Å². The van der Waals surface area contributed by atoms with Crippen molar-refractivity contribution >= 4 is 38.3 Å². The van der Waals surface area contributed by atoms with Crippen LogP contribution in [-0.2, 0) is 4.79 Å². The number of fused-ring (bicyclic) bond motifs is 1. The molecular formula is C19H18F2N4OS. The van der Waals surface area contributed by atoms with Crippen LogP contribution >= 0.6 is 11.3 Å². The molecule has 1 fully saturated rings. The minimum absolute atomic E-state index is 0.130. The quantitative estimate of drug-likeness (QED) is 0.745. The number of piperazine rings is 1. The highest BCUT2D eigenvalue weighted by molar-refractivity contribution is 7.22. The number of benzene rings is 2. The van der Waals surface area contributed by atoms with E-state index >= 15 is 0 Å². The van der Waals surface area contributed by atoms with E-state index in [0.29, 0.717) is 0 Å². The number of amides is 1. The van der Waals surface area contributed by atoms with Crippen LogP contribution in [0.3, 0.4) is 0 Å². The molecule has 1 aliphatic heterocycles. The lowest BCUT2D eigenvalue weighted by atomic mass is 10.3. The van der Waals surface area contributed by atoms with Gasteiger partial charge in [-0.3, -0.25) is 9.69 Å². The number of halogens is 2. The Morgan fingerprint density at radius 2 is 1.78 bits per heavy atom. The van der Waals surface area contributed by atoms with Crippen molar-refractivity contribution in [2.45, 2.75) is 0 Å². The Morgan fingerprint density at radius 3 is 2.48 bits per heavy atom. The van der Waals surface area contributed by atoms with E-state index in [4.69, 9.17) is 0 Å². The number of hydrogen-bond acceptors (Lipinski definition) is 5. The zero-order valence-corrected chi connectivity index (χ0v) is 15.3. The van der Waals surface area contributed by atoms with Crippen LogP contribution in [0.5, 0.6) is 0 Å². The van der Waals surface area contributed by atoms with E-state index < -0.39 is 11.6 Å². The Labute approximate surface area is 159 Å². The van der Waals surface area contributed by atoms with E-state index in [1.54, 1.807) is 11.3 Å². The molecule has 2 aromatic carbocycles. The summed E-state index contributed by atoms with van der Waals surface area (Å²) < 4.78 is 27.6. The van der Waals surface area contributed by atoms with Gasteiger partial charge in [0.2, 0.25) is 5.91 Å². The molecule has 1 saturated heterocycles. The summed E-state index contributed by atoms with van der Waals surface area (Å²) in [5.74, 6) is -1.71. The van der Waals surface area contributed by atoms with Crippen molar-refractivity contribution in [1.29, 1.82) is 0 Å². The van der Waals surface area contributed by atoms with Crippen LogP contribution in [-0.4, -0.2) is 48.5 Å². The van der Waals surface area contributed by atoms with Gasteiger partial charge in [-0.05, 0) is 24.3 Å². The number of nitrogens with one attached hydrogen (secondary N) is 1. The van der Waals surface area contributed by atoms with Crippen LogP contribution in [0.25, 0.3) is 10.2 Å². The fourth-order valence-corrected chi connectivity index (χ4v) is 4.14. The average molecular weight is 388 g/mol. The van der Waals surface area contributed by atoms with Gasteiger partial charge in [-0.15, -0.1) is 0 Å². The summed E-state index contributed by atoms with van der Waals surface area (Å²) in [5, 5.41) is 3.54. The van der Waals surface area contributed by atoms with Gasteiger partial charge in [0, 0.05) is 37.9 Å². The second-order valence-electron chi connectivity index (χ2n) is 6.43. The molecule has 0 bridgehead atoms. The highest BCUT2D eigenvalue weighted by Crippen LogP contribution is 2.29. The molecule has 1 aromatic heterocycles. The van der Waals surface area contributed by atoms with Crippen LogP contribution < -0.4 is 10.2 Å². The summed E-state index contributed by atoms with van der Waals surface area (Å²) in [6.45, 7) is 3.19.